The molecule has 0 saturated heterocycles. The van der Waals surface area contributed by atoms with Crippen molar-refractivity contribution in [2.45, 2.75) is 70.2 Å². The monoisotopic (exact) mass is 513 g/mol. The first-order chi connectivity index (χ1) is 17.4. The van der Waals surface area contributed by atoms with Crippen LogP contribution < -0.4 is 5.32 Å². The van der Waals surface area contributed by atoms with Gasteiger partial charge in [0, 0.05) is 40.2 Å². The van der Waals surface area contributed by atoms with Crippen LogP contribution in [0.15, 0.2) is 36.9 Å². The van der Waals surface area contributed by atoms with E-state index in [0.717, 1.165) is 42.8 Å². The maximum Gasteiger partial charge on any atom is 0.253 e. The molecule has 1 fully saturated rings. The van der Waals surface area contributed by atoms with Gasteiger partial charge in [0.05, 0.1) is 35.9 Å². The zero-order chi connectivity index (χ0) is 25.5. The summed E-state index contributed by atoms with van der Waals surface area (Å²) in [7, 11) is 0.468. The lowest BCUT2D eigenvalue weighted by atomic mass is 9.92. The average Bonchev–Trinajstić information content (AvgIpc) is 3.50. The fraction of sp³-hybridized carbons (Fsp3) is 0.577. The summed E-state index contributed by atoms with van der Waals surface area (Å²) in [5.41, 5.74) is 2.15. The molecule has 1 saturated carbocycles. The molecule has 0 radical (unpaired) electrons. The highest BCUT2D eigenvalue weighted by Gasteiger charge is 2.25. The van der Waals surface area contributed by atoms with Gasteiger partial charge in [-0.05, 0) is 43.9 Å². The van der Waals surface area contributed by atoms with Crippen molar-refractivity contribution in [3.63, 3.8) is 0 Å². The third-order valence-electron chi connectivity index (χ3n) is 6.59. The lowest BCUT2D eigenvalue weighted by molar-refractivity contribution is -0.00408. The second-order valence-corrected chi connectivity index (χ2v) is 16.3. The van der Waals surface area contributed by atoms with Gasteiger partial charge >= 0.3 is 0 Å². The van der Waals surface area contributed by atoms with Gasteiger partial charge in [-0.3, -0.25) is 13.9 Å². The number of fused-ring (bicyclic) bond motifs is 1. The molecule has 0 unspecified atom stereocenters. The van der Waals surface area contributed by atoms with Crippen molar-refractivity contribution in [3.05, 3.63) is 42.5 Å². The Labute approximate surface area is 214 Å². The zero-order valence-corrected chi connectivity index (χ0v) is 22.9. The van der Waals surface area contributed by atoms with E-state index in [9.17, 15) is 4.79 Å². The molecule has 1 aliphatic carbocycles. The first-order valence-corrected chi connectivity index (χ1v) is 16.5. The minimum absolute atomic E-state index is 0.0789. The molecule has 36 heavy (non-hydrogen) atoms. The molecular weight excluding hydrogens is 474 g/mol. The van der Waals surface area contributed by atoms with Gasteiger partial charge in [0.15, 0.2) is 0 Å². The van der Waals surface area contributed by atoms with E-state index in [4.69, 9.17) is 19.2 Å². The molecule has 0 spiro atoms. The standard InChI is InChI=1S/C26H39N5O4Si/c1-33-14-15-35-21-10-8-20(9-11-21)28-25(32)22-6-5-7-23-24(22)31(19-34-16-17-36(2,3)4)26(29-23)30-13-12-27-18-30/h5-7,12-13,18,20-21H,8-11,14-17,19H2,1-4H3,(H,28,32). The van der Waals surface area contributed by atoms with E-state index < -0.39 is 8.07 Å². The van der Waals surface area contributed by atoms with Gasteiger partial charge in [0.2, 0.25) is 5.95 Å². The third-order valence-corrected chi connectivity index (χ3v) is 8.30. The van der Waals surface area contributed by atoms with Crippen LogP contribution in [0.3, 0.4) is 0 Å². The molecule has 1 N–H and O–H groups in total. The molecule has 1 amide bonds. The van der Waals surface area contributed by atoms with Crippen molar-refractivity contribution in [1.29, 1.82) is 0 Å². The highest BCUT2D eigenvalue weighted by atomic mass is 28.3. The van der Waals surface area contributed by atoms with E-state index in [1.807, 2.05) is 33.5 Å². The number of para-hydroxylation sites is 1. The lowest BCUT2D eigenvalue weighted by Crippen LogP contribution is -2.39. The Morgan fingerprint density at radius 3 is 2.64 bits per heavy atom. The predicted octanol–water partition coefficient (Wildman–Crippen LogP) is 4.24. The van der Waals surface area contributed by atoms with Crippen LogP contribution in [0.5, 0.6) is 0 Å². The molecule has 0 aliphatic heterocycles. The molecule has 0 atom stereocenters. The van der Waals surface area contributed by atoms with Crippen LogP contribution in [0.2, 0.25) is 25.7 Å². The van der Waals surface area contributed by atoms with Gasteiger partial charge in [-0.1, -0.05) is 25.7 Å². The summed E-state index contributed by atoms with van der Waals surface area (Å²) >= 11 is 0. The number of carbonyl (C=O) groups is 1. The first-order valence-electron chi connectivity index (χ1n) is 12.8. The molecule has 9 nitrogen and oxygen atoms in total. The number of carbonyl (C=O) groups excluding carboxylic acids is 1. The summed E-state index contributed by atoms with van der Waals surface area (Å²) in [4.78, 5) is 22.5. The maximum absolute atomic E-state index is 13.5. The molecule has 1 aromatic carbocycles. The molecule has 10 heteroatoms. The molecular formula is C26H39N5O4Si. The first kappa shape index (κ1) is 26.5. The fourth-order valence-corrected chi connectivity index (χ4v) is 5.28. The van der Waals surface area contributed by atoms with Crippen molar-refractivity contribution >= 4 is 25.0 Å². The zero-order valence-electron chi connectivity index (χ0n) is 21.9. The number of amides is 1. The van der Waals surface area contributed by atoms with Crippen LogP contribution in [-0.4, -0.2) is 72.2 Å². The Balaban J connectivity index is 1.51. The van der Waals surface area contributed by atoms with Crippen molar-refractivity contribution in [1.82, 2.24) is 24.4 Å². The molecule has 4 rings (SSSR count). The fourth-order valence-electron chi connectivity index (χ4n) is 4.52. The topological polar surface area (TPSA) is 92.4 Å². The number of ether oxygens (including phenoxy) is 3. The molecule has 2 heterocycles. The number of nitrogens with zero attached hydrogens (tertiary/aromatic N) is 4. The number of imidazole rings is 2. The van der Waals surface area contributed by atoms with Crippen LogP contribution in [0.4, 0.5) is 0 Å². The highest BCUT2D eigenvalue weighted by molar-refractivity contribution is 6.76. The van der Waals surface area contributed by atoms with Gasteiger partial charge in [0.25, 0.3) is 5.91 Å². The minimum Gasteiger partial charge on any atom is -0.382 e. The predicted molar refractivity (Wildman–Crippen MR) is 142 cm³/mol. The van der Waals surface area contributed by atoms with Gasteiger partial charge < -0.3 is 19.5 Å². The average molecular weight is 514 g/mol. The summed E-state index contributed by atoms with van der Waals surface area (Å²) in [5, 5.41) is 3.26. The number of methoxy groups -OCH3 is 1. The second-order valence-electron chi connectivity index (χ2n) is 10.6. The molecule has 0 bridgehead atoms. The number of nitrogens with one attached hydrogen (secondary N) is 1. The third kappa shape index (κ3) is 6.82. The smallest absolute Gasteiger partial charge is 0.253 e. The summed E-state index contributed by atoms with van der Waals surface area (Å²) < 4.78 is 20.9. The van der Waals surface area contributed by atoms with Crippen molar-refractivity contribution in [2.24, 2.45) is 0 Å². The number of aromatic nitrogens is 4. The minimum atomic E-state index is -1.21. The van der Waals surface area contributed by atoms with E-state index in [-0.39, 0.29) is 18.1 Å². The van der Waals surface area contributed by atoms with Crippen LogP contribution in [0, 0.1) is 0 Å². The Hall–Kier alpha value is -2.53. The van der Waals surface area contributed by atoms with Crippen LogP contribution >= 0.6 is 0 Å². The van der Waals surface area contributed by atoms with E-state index in [0.29, 0.717) is 38.1 Å². The summed E-state index contributed by atoms with van der Waals surface area (Å²) in [6.45, 7) is 9.23. The molecule has 196 valence electrons. The molecule has 3 aromatic rings. The lowest BCUT2D eigenvalue weighted by Gasteiger charge is -2.29. The maximum atomic E-state index is 13.5. The number of hydrogen-bond donors (Lipinski definition) is 1. The van der Waals surface area contributed by atoms with Crippen molar-refractivity contribution < 1.29 is 19.0 Å². The summed E-state index contributed by atoms with van der Waals surface area (Å²) in [5.74, 6) is 0.606. The van der Waals surface area contributed by atoms with Gasteiger partial charge in [-0.25, -0.2) is 9.97 Å². The molecule has 1 aliphatic rings. The van der Waals surface area contributed by atoms with E-state index in [1.165, 1.54) is 0 Å². The van der Waals surface area contributed by atoms with Crippen LogP contribution in [0.25, 0.3) is 17.0 Å². The summed E-state index contributed by atoms with van der Waals surface area (Å²) in [6.07, 6.45) is 9.21. The second kappa shape index (κ2) is 12.1. The quantitative estimate of drug-likeness (QED) is 0.288. The van der Waals surface area contributed by atoms with Crippen LogP contribution in [0.1, 0.15) is 36.0 Å². The van der Waals surface area contributed by atoms with E-state index >= 15 is 0 Å². The van der Waals surface area contributed by atoms with Crippen molar-refractivity contribution in [3.8, 4) is 5.95 Å². The van der Waals surface area contributed by atoms with Gasteiger partial charge in [-0.2, -0.15) is 0 Å². The van der Waals surface area contributed by atoms with Crippen molar-refractivity contribution in [2.75, 3.05) is 26.9 Å². The van der Waals surface area contributed by atoms with Crippen LogP contribution in [-0.2, 0) is 20.9 Å². The Morgan fingerprint density at radius 2 is 1.94 bits per heavy atom. The largest absolute Gasteiger partial charge is 0.382 e. The van der Waals surface area contributed by atoms with Gasteiger partial charge in [0.1, 0.15) is 13.1 Å². The number of benzene rings is 1. The summed E-state index contributed by atoms with van der Waals surface area (Å²) in [6, 6.07) is 6.90. The number of rotatable bonds is 12. The molecule has 2 aromatic heterocycles. The highest BCUT2D eigenvalue weighted by Crippen LogP contribution is 2.25. The van der Waals surface area contributed by atoms with E-state index in [1.54, 1.807) is 19.6 Å². The van der Waals surface area contributed by atoms with Gasteiger partial charge in [-0.15, -0.1) is 0 Å². The Bertz CT molecular complexity index is 1120. The number of hydrogen-bond acceptors (Lipinski definition) is 6. The SMILES string of the molecule is COCCOC1CCC(NC(=O)c2cccc3nc(-n4ccnc4)n(COCC[Si](C)(C)C)c23)CC1. The normalized spacial score (nSPS) is 18.6. The Kier molecular flexibility index (Phi) is 8.94. The van der Waals surface area contributed by atoms with E-state index in [2.05, 4.69) is 29.9 Å². The Morgan fingerprint density at radius 1 is 1.14 bits per heavy atom.